The zero-order valence-electron chi connectivity index (χ0n) is 9.37. The van der Waals surface area contributed by atoms with Crippen molar-refractivity contribution in [2.45, 2.75) is 20.3 Å². The van der Waals surface area contributed by atoms with Crippen LogP contribution in [0.15, 0.2) is 18.2 Å². The van der Waals surface area contributed by atoms with E-state index in [4.69, 9.17) is 9.84 Å². The molecular weight excluding hydrogens is 211 g/mol. The molecule has 1 atom stereocenters. The lowest BCUT2D eigenvalue weighted by atomic mass is 10.1. The second kappa shape index (κ2) is 5.49. The molecule has 88 valence electrons. The number of benzene rings is 1. The number of rotatable bonds is 5. The van der Waals surface area contributed by atoms with Crippen molar-refractivity contribution < 1.29 is 19.0 Å². The number of ether oxygens (including phenoxy) is 1. The minimum atomic E-state index is -1.11. The van der Waals surface area contributed by atoms with E-state index in [1.54, 1.807) is 0 Å². The molecule has 0 aromatic heterocycles. The Hall–Kier alpha value is -1.58. The SMILES string of the molecule is CCC(C)COc1cc(F)ccc1C(=O)O. The largest absolute Gasteiger partial charge is 0.492 e. The van der Waals surface area contributed by atoms with Crippen LogP contribution in [-0.4, -0.2) is 17.7 Å². The van der Waals surface area contributed by atoms with E-state index in [0.717, 1.165) is 18.6 Å². The van der Waals surface area contributed by atoms with Crippen LogP contribution in [0.3, 0.4) is 0 Å². The number of halogens is 1. The number of carbonyl (C=O) groups is 1. The molecule has 0 aliphatic heterocycles. The fourth-order valence-corrected chi connectivity index (χ4v) is 1.14. The van der Waals surface area contributed by atoms with Gasteiger partial charge in [0.1, 0.15) is 17.1 Å². The Kier molecular flexibility index (Phi) is 4.28. The molecule has 1 aromatic rings. The first-order chi connectivity index (χ1) is 7.54. The summed E-state index contributed by atoms with van der Waals surface area (Å²) in [5, 5.41) is 8.88. The predicted molar refractivity (Wildman–Crippen MR) is 58.3 cm³/mol. The molecule has 3 nitrogen and oxygen atoms in total. The molecule has 0 saturated carbocycles. The average molecular weight is 226 g/mol. The van der Waals surface area contributed by atoms with Crippen molar-refractivity contribution in [3.05, 3.63) is 29.6 Å². The van der Waals surface area contributed by atoms with Gasteiger partial charge in [0.15, 0.2) is 0 Å². The topological polar surface area (TPSA) is 46.5 Å². The van der Waals surface area contributed by atoms with E-state index < -0.39 is 11.8 Å². The maximum absolute atomic E-state index is 12.9. The van der Waals surface area contributed by atoms with Gasteiger partial charge in [-0.3, -0.25) is 0 Å². The van der Waals surface area contributed by atoms with Gasteiger partial charge >= 0.3 is 5.97 Å². The minimum absolute atomic E-state index is 0.00953. The highest BCUT2D eigenvalue weighted by atomic mass is 19.1. The van der Waals surface area contributed by atoms with Gasteiger partial charge in [0, 0.05) is 6.07 Å². The van der Waals surface area contributed by atoms with Gasteiger partial charge in [-0.05, 0) is 18.1 Å². The van der Waals surface area contributed by atoms with Crippen LogP contribution < -0.4 is 4.74 Å². The van der Waals surface area contributed by atoms with Crippen molar-refractivity contribution in [1.29, 1.82) is 0 Å². The van der Waals surface area contributed by atoms with Crippen LogP contribution in [0, 0.1) is 11.7 Å². The molecule has 1 unspecified atom stereocenters. The molecule has 0 saturated heterocycles. The van der Waals surface area contributed by atoms with Crippen LogP contribution in [0.4, 0.5) is 4.39 Å². The third-order valence-electron chi connectivity index (χ3n) is 2.39. The normalized spacial score (nSPS) is 12.2. The zero-order chi connectivity index (χ0) is 12.1. The molecule has 0 spiro atoms. The summed E-state index contributed by atoms with van der Waals surface area (Å²) in [6, 6.07) is 3.43. The lowest BCUT2D eigenvalue weighted by Gasteiger charge is -2.12. The molecule has 16 heavy (non-hydrogen) atoms. The van der Waals surface area contributed by atoms with E-state index in [-0.39, 0.29) is 11.3 Å². The lowest BCUT2D eigenvalue weighted by Crippen LogP contribution is -2.10. The predicted octanol–water partition coefficient (Wildman–Crippen LogP) is 2.95. The molecule has 1 rings (SSSR count). The van der Waals surface area contributed by atoms with Gasteiger partial charge in [-0.25, -0.2) is 9.18 Å². The molecule has 0 heterocycles. The highest BCUT2D eigenvalue weighted by Gasteiger charge is 2.13. The minimum Gasteiger partial charge on any atom is -0.492 e. The Morgan fingerprint density at radius 1 is 1.56 bits per heavy atom. The van der Waals surface area contributed by atoms with E-state index in [2.05, 4.69) is 0 Å². The summed E-state index contributed by atoms with van der Waals surface area (Å²) in [6.45, 7) is 4.39. The second-order valence-corrected chi connectivity index (χ2v) is 3.77. The highest BCUT2D eigenvalue weighted by Crippen LogP contribution is 2.21. The number of hydrogen-bond donors (Lipinski definition) is 1. The third kappa shape index (κ3) is 3.22. The van der Waals surface area contributed by atoms with Gasteiger partial charge in [0.2, 0.25) is 0 Å². The first kappa shape index (κ1) is 12.5. The van der Waals surface area contributed by atoms with E-state index in [1.165, 1.54) is 6.07 Å². The molecule has 4 heteroatoms. The molecule has 1 N–H and O–H groups in total. The van der Waals surface area contributed by atoms with Crippen molar-refractivity contribution in [2.75, 3.05) is 6.61 Å². The Bertz CT molecular complexity index is 377. The molecule has 0 amide bonds. The van der Waals surface area contributed by atoms with E-state index >= 15 is 0 Å². The Balaban J connectivity index is 2.84. The molecular formula is C12H15FO3. The monoisotopic (exact) mass is 226 g/mol. The van der Waals surface area contributed by atoms with Crippen LogP contribution in [0.1, 0.15) is 30.6 Å². The van der Waals surface area contributed by atoms with Gasteiger partial charge in [0.25, 0.3) is 0 Å². The highest BCUT2D eigenvalue weighted by molar-refractivity contribution is 5.90. The summed E-state index contributed by atoms with van der Waals surface area (Å²) in [5.41, 5.74) is -0.00953. The van der Waals surface area contributed by atoms with E-state index in [0.29, 0.717) is 12.5 Å². The van der Waals surface area contributed by atoms with Crippen molar-refractivity contribution in [3.63, 3.8) is 0 Å². The molecule has 0 bridgehead atoms. The van der Waals surface area contributed by atoms with Crippen LogP contribution in [-0.2, 0) is 0 Å². The first-order valence-electron chi connectivity index (χ1n) is 5.20. The van der Waals surface area contributed by atoms with Crippen molar-refractivity contribution >= 4 is 5.97 Å². The van der Waals surface area contributed by atoms with Gasteiger partial charge in [-0.1, -0.05) is 20.3 Å². The Morgan fingerprint density at radius 3 is 2.81 bits per heavy atom. The molecule has 1 aromatic carbocycles. The van der Waals surface area contributed by atoms with Gasteiger partial charge in [-0.15, -0.1) is 0 Å². The van der Waals surface area contributed by atoms with E-state index in [9.17, 15) is 9.18 Å². The number of carboxylic acids is 1. The van der Waals surface area contributed by atoms with Crippen molar-refractivity contribution in [3.8, 4) is 5.75 Å². The van der Waals surface area contributed by atoms with Crippen LogP contribution >= 0.6 is 0 Å². The fraction of sp³-hybridized carbons (Fsp3) is 0.417. The zero-order valence-corrected chi connectivity index (χ0v) is 9.37. The average Bonchev–Trinajstić information content (AvgIpc) is 2.25. The quantitative estimate of drug-likeness (QED) is 0.839. The lowest BCUT2D eigenvalue weighted by molar-refractivity contribution is 0.0691. The molecule has 0 fully saturated rings. The summed E-state index contributed by atoms with van der Waals surface area (Å²) >= 11 is 0. The number of hydrogen-bond acceptors (Lipinski definition) is 2. The van der Waals surface area contributed by atoms with Gasteiger partial charge in [-0.2, -0.15) is 0 Å². The van der Waals surface area contributed by atoms with Crippen LogP contribution in [0.5, 0.6) is 5.75 Å². The molecule has 0 aliphatic rings. The maximum Gasteiger partial charge on any atom is 0.339 e. The van der Waals surface area contributed by atoms with Crippen LogP contribution in [0.25, 0.3) is 0 Å². The van der Waals surface area contributed by atoms with Crippen LogP contribution in [0.2, 0.25) is 0 Å². The summed E-state index contributed by atoms with van der Waals surface area (Å²) in [6.07, 6.45) is 0.928. The summed E-state index contributed by atoms with van der Waals surface area (Å²) in [7, 11) is 0. The van der Waals surface area contributed by atoms with Crippen molar-refractivity contribution in [2.24, 2.45) is 5.92 Å². The first-order valence-corrected chi connectivity index (χ1v) is 5.20. The summed E-state index contributed by atoms with van der Waals surface area (Å²) in [5.74, 6) is -1.21. The summed E-state index contributed by atoms with van der Waals surface area (Å²) in [4.78, 5) is 10.8. The Labute approximate surface area is 93.9 Å². The smallest absolute Gasteiger partial charge is 0.339 e. The molecule has 0 radical (unpaired) electrons. The third-order valence-corrected chi connectivity index (χ3v) is 2.39. The second-order valence-electron chi connectivity index (χ2n) is 3.77. The number of aromatic carboxylic acids is 1. The standard InChI is InChI=1S/C12H15FO3/c1-3-8(2)7-16-11-6-9(13)4-5-10(11)12(14)15/h4-6,8H,3,7H2,1-2H3,(H,14,15). The fourth-order valence-electron chi connectivity index (χ4n) is 1.14. The number of carboxylic acid groups (broad SMARTS) is 1. The summed E-state index contributed by atoms with van der Waals surface area (Å²) < 4.78 is 18.3. The maximum atomic E-state index is 12.9. The van der Waals surface area contributed by atoms with Gasteiger partial charge < -0.3 is 9.84 Å². The Morgan fingerprint density at radius 2 is 2.25 bits per heavy atom. The van der Waals surface area contributed by atoms with Crippen molar-refractivity contribution in [1.82, 2.24) is 0 Å². The van der Waals surface area contributed by atoms with E-state index in [1.807, 2.05) is 13.8 Å². The van der Waals surface area contributed by atoms with Gasteiger partial charge in [0.05, 0.1) is 6.61 Å². The molecule has 0 aliphatic carbocycles.